The zero-order valence-corrected chi connectivity index (χ0v) is 13.2. The van der Waals surface area contributed by atoms with Gasteiger partial charge in [-0.25, -0.2) is 0 Å². The highest BCUT2D eigenvalue weighted by Gasteiger charge is 2.28. The van der Waals surface area contributed by atoms with Crippen LogP contribution in [-0.4, -0.2) is 29.9 Å². The van der Waals surface area contributed by atoms with Crippen LogP contribution in [0.4, 0.5) is 5.69 Å². The first-order valence-electron chi connectivity index (χ1n) is 7.26. The van der Waals surface area contributed by atoms with Gasteiger partial charge in [-0.05, 0) is 37.3 Å². The molecule has 1 N–H and O–H groups in total. The number of benzene rings is 1. The molecule has 1 amide bonds. The molecule has 110 valence electrons. The molecule has 0 radical (unpaired) electrons. The van der Waals surface area contributed by atoms with Crippen molar-refractivity contribution in [2.24, 2.45) is 11.8 Å². The molecule has 20 heavy (non-hydrogen) atoms. The van der Waals surface area contributed by atoms with Crippen LogP contribution in [0.5, 0.6) is 0 Å². The van der Waals surface area contributed by atoms with Gasteiger partial charge in [-0.3, -0.25) is 9.69 Å². The van der Waals surface area contributed by atoms with Crippen LogP contribution in [-0.2, 0) is 4.79 Å². The quantitative estimate of drug-likeness (QED) is 0.923. The molecule has 1 aromatic carbocycles. The summed E-state index contributed by atoms with van der Waals surface area (Å²) in [7, 11) is 0. The predicted octanol–water partition coefficient (Wildman–Crippen LogP) is 3.64. The number of piperidine rings is 1. The molecular weight excluding hydrogens is 272 g/mol. The van der Waals surface area contributed by atoms with Crippen molar-refractivity contribution in [2.75, 3.05) is 18.4 Å². The molecule has 1 saturated heterocycles. The molecule has 1 fully saturated rings. The van der Waals surface area contributed by atoms with Crippen LogP contribution in [0.15, 0.2) is 24.3 Å². The normalized spacial score (nSPS) is 25.2. The monoisotopic (exact) mass is 294 g/mol. The van der Waals surface area contributed by atoms with Crippen molar-refractivity contribution in [3.63, 3.8) is 0 Å². The van der Waals surface area contributed by atoms with Crippen LogP contribution in [0.1, 0.15) is 27.2 Å². The molecule has 1 aliphatic rings. The van der Waals surface area contributed by atoms with E-state index in [0.717, 1.165) is 13.1 Å². The Labute approximate surface area is 126 Å². The lowest BCUT2D eigenvalue weighted by Crippen LogP contribution is -2.48. The SMILES string of the molecule is CC1CC(C)CN(C(C)C(=O)Nc2ccccc2Cl)C1. The van der Waals surface area contributed by atoms with Gasteiger partial charge in [0, 0.05) is 13.1 Å². The molecule has 1 heterocycles. The molecule has 3 nitrogen and oxygen atoms in total. The molecule has 1 aliphatic heterocycles. The fourth-order valence-electron chi connectivity index (χ4n) is 2.99. The van der Waals surface area contributed by atoms with Gasteiger partial charge in [0.15, 0.2) is 0 Å². The molecule has 2 rings (SSSR count). The summed E-state index contributed by atoms with van der Waals surface area (Å²) in [6, 6.07) is 7.21. The van der Waals surface area contributed by atoms with Crippen LogP contribution in [0.2, 0.25) is 5.02 Å². The number of likely N-dealkylation sites (tertiary alicyclic amines) is 1. The average molecular weight is 295 g/mol. The first-order chi connectivity index (χ1) is 9.47. The molecule has 0 bridgehead atoms. The summed E-state index contributed by atoms with van der Waals surface area (Å²) in [5.41, 5.74) is 0.684. The number of amides is 1. The van der Waals surface area contributed by atoms with E-state index in [4.69, 9.17) is 11.6 Å². The third-order valence-electron chi connectivity index (χ3n) is 3.96. The second-order valence-corrected chi connectivity index (χ2v) is 6.45. The van der Waals surface area contributed by atoms with Crippen LogP contribution in [0, 0.1) is 11.8 Å². The number of carbonyl (C=O) groups is 1. The maximum Gasteiger partial charge on any atom is 0.241 e. The second-order valence-electron chi connectivity index (χ2n) is 6.05. The fraction of sp³-hybridized carbons (Fsp3) is 0.562. The van der Waals surface area contributed by atoms with E-state index in [0.29, 0.717) is 22.5 Å². The standard InChI is InChI=1S/C16H23ClN2O/c1-11-8-12(2)10-19(9-11)13(3)16(20)18-15-7-5-4-6-14(15)17/h4-7,11-13H,8-10H2,1-3H3,(H,18,20). The second kappa shape index (κ2) is 6.59. The first kappa shape index (κ1) is 15.3. The summed E-state index contributed by atoms with van der Waals surface area (Å²) in [6.07, 6.45) is 1.25. The number of carbonyl (C=O) groups excluding carboxylic acids is 1. The number of rotatable bonds is 3. The number of hydrogen-bond donors (Lipinski definition) is 1. The number of nitrogens with zero attached hydrogens (tertiary/aromatic N) is 1. The maximum atomic E-state index is 12.4. The van der Waals surface area contributed by atoms with Crippen molar-refractivity contribution >= 4 is 23.2 Å². The highest BCUT2D eigenvalue weighted by atomic mass is 35.5. The molecule has 0 saturated carbocycles. The highest BCUT2D eigenvalue weighted by molar-refractivity contribution is 6.33. The molecular formula is C16H23ClN2O. The van der Waals surface area contributed by atoms with E-state index < -0.39 is 0 Å². The number of halogens is 1. The van der Waals surface area contributed by atoms with E-state index in [1.807, 2.05) is 25.1 Å². The van der Waals surface area contributed by atoms with Crippen LogP contribution < -0.4 is 5.32 Å². The lowest BCUT2D eigenvalue weighted by atomic mass is 9.91. The molecule has 0 aromatic heterocycles. The van der Waals surface area contributed by atoms with Crippen molar-refractivity contribution in [1.29, 1.82) is 0 Å². The molecule has 3 atom stereocenters. The Morgan fingerprint density at radius 3 is 2.50 bits per heavy atom. The average Bonchev–Trinajstić information content (AvgIpc) is 2.39. The zero-order valence-electron chi connectivity index (χ0n) is 12.4. The highest BCUT2D eigenvalue weighted by Crippen LogP contribution is 2.24. The third-order valence-corrected chi connectivity index (χ3v) is 4.29. The Morgan fingerprint density at radius 1 is 1.30 bits per heavy atom. The van der Waals surface area contributed by atoms with Crippen LogP contribution in [0.25, 0.3) is 0 Å². The summed E-state index contributed by atoms with van der Waals surface area (Å²) in [6.45, 7) is 8.45. The van der Waals surface area contributed by atoms with Gasteiger partial charge in [0.25, 0.3) is 0 Å². The minimum absolute atomic E-state index is 0.0133. The maximum absolute atomic E-state index is 12.4. The van der Waals surface area contributed by atoms with Crippen LogP contribution in [0.3, 0.4) is 0 Å². The lowest BCUT2D eigenvalue weighted by molar-refractivity contribution is -0.121. The third kappa shape index (κ3) is 3.74. The Kier molecular flexibility index (Phi) is 5.06. The van der Waals surface area contributed by atoms with E-state index in [-0.39, 0.29) is 11.9 Å². The van der Waals surface area contributed by atoms with Gasteiger partial charge < -0.3 is 5.32 Å². The summed E-state index contributed by atoms with van der Waals surface area (Å²) >= 11 is 6.08. The van der Waals surface area contributed by atoms with Crippen molar-refractivity contribution in [2.45, 2.75) is 33.2 Å². The predicted molar refractivity (Wildman–Crippen MR) is 84.1 cm³/mol. The zero-order chi connectivity index (χ0) is 14.7. The van der Waals surface area contributed by atoms with E-state index in [2.05, 4.69) is 24.1 Å². The lowest BCUT2D eigenvalue weighted by Gasteiger charge is -2.38. The van der Waals surface area contributed by atoms with Gasteiger partial charge in [0.2, 0.25) is 5.91 Å². The molecule has 1 aromatic rings. The van der Waals surface area contributed by atoms with Gasteiger partial charge in [-0.2, -0.15) is 0 Å². The van der Waals surface area contributed by atoms with Crippen LogP contribution >= 0.6 is 11.6 Å². The largest absolute Gasteiger partial charge is 0.323 e. The van der Waals surface area contributed by atoms with Crippen molar-refractivity contribution in [1.82, 2.24) is 4.90 Å². The Morgan fingerprint density at radius 2 is 1.90 bits per heavy atom. The van der Waals surface area contributed by atoms with E-state index in [1.54, 1.807) is 6.07 Å². The molecule has 0 aliphatic carbocycles. The van der Waals surface area contributed by atoms with Gasteiger partial charge in [-0.1, -0.05) is 37.6 Å². The number of para-hydroxylation sites is 1. The smallest absolute Gasteiger partial charge is 0.241 e. The van der Waals surface area contributed by atoms with E-state index >= 15 is 0 Å². The number of nitrogens with one attached hydrogen (secondary N) is 1. The van der Waals surface area contributed by atoms with E-state index in [1.165, 1.54) is 6.42 Å². The number of anilines is 1. The van der Waals surface area contributed by atoms with Crippen molar-refractivity contribution in [3.05, 3.63) is 29.3 Å². The fourth-order valence-corrected chi connectivity index (χ4v) is 3.18. The topological polar surface area (TPSA) is 32.3 Å². The molecule has 4 heteroatoms. The molecule has 0 spiro atoms. The summed E-state index contributed by atoms with van der Waals surface area (Å²) in [5.74, 6) is 1.31. The first-order valence-corrected chi connectivity index (χ1v) is 7.64. The van der Waals surface area contributed by atoms with Gasteiger partial charge in [0.1, 0.15) is 0 Å². The number of hydrogen-bond acceptors (Lipinski definition) is 2. The van der Waals surface area contributed by atoms with Gasteiger partial charge >= 0.3 is 0 Å². The minimum atomic E-state index is -0.128. The Hall–Kier alpha value is -1.06. The molecule has 3 unspecified atom stereocenters. The van der Waals surface area contributed by atoms with Gasteiger partial charge in [0.05, 0.1) is 16.8 Å². The summed E-state index contributed by atoms with van der Waals surface area (Å²) < 4.78 is 0. The Balaban J connectivity index is 2.00. The van der Waals surface area contributed by atoms with Gasteiger partial charge in [-0.15, -0.1) is 0 Å². The van der Waals surface area contributed by atoms with E-state index in [9.17, 15) is 4.79 Å². The van der Waals surface area contributed by atoms with Crippen molar-refractivity contribution in [3.8, 4) is 0 Å². The minimum Gasteiger partial charge on any atom is -0.323 e. The summed E-state index contributed by atoms with van der Waals surface area (Å²) in [5, 5.41) is 3.50. The summed E-state index contributed by atoms with van der Waals surface area (Å²) in [4.78, 5) is 14.6. The Bertz CT molecular complexity index is 467. The van der Waals surface area contributed by atoms with Crippen molar-refractivity contribution < 1.29 is 4.79 Å².